The van der Waals surface area contributed by atoms with Gasteiger partial charge < -0.3 is 18.9 Å². The molecule has 0 heterocycles. The molecule has 31 heavy (non-hydrogen) atoms. The molecular formula is C24H20O4P2Zn. The molecule has 0 amide bonds. The Morgan fingerprint density at radius 2 is 0.548 bits per heavy atom. The molecule has 0 N–H and O–H groups in total. The molecule has 0 aliphatic heterocycles. The molecule has 0 aliphatic rings. The predicted octanol–water partition coefficient (Wildman–Crippen LogP) is 2.55. The molecule has 152 valence electrons. The largest absolute Gasteiger partial charge is 2.00 e. The molecule has 0 atom stereocenters. The minimum absolute atomic E-state index is 0. The standard InChI is InChI=1S/2C12H11O2P.Zn/c2*13-15(14,11-7-3-1-4-8-11)12-9-5-2-6-10-12;/h2*1-10H,(H,13,14);/q;;+2/p-2. The summed E-state index contributed by atoms with van der Waals surface area (Å²) in [6, 6.07) is 33.9. The first-order chi connectivity index (χ1) is 14.4. The minimum Gasteiger partial charge on any atom is -0.793 e. The first kappa shape index (κ1) is 25.1. The summed E-state index contributed by atoms with van der Waals surface area (Å²) in [6.45, 7) is 0. The average molecular weight is 500 g/mol. The van der Waals surface area contributed by atoms with Crippen molar-refractivity contribution >= 4 is 36.0 Å². The molecule has 0 unspecified atom stereocenters. The van der Waals surface area contributed by atoms with E-state index in [2.05, 4.69) is 0 Å². The molecule has 0 saturated heterocycles. The van der Waals surface area contributed by atoms with Gasteiger partial charge in [0.15, 0.2) is 0 Å². The Bertz CT molecular complexity index is 973. The van der Waals surface area contributed by atoms with Crippen LogP contribution in [-0.4, -0.2) is 0 Å². The van der Waals surface area contributed by atoms with Gasteiger partial charge in [-0.25, -0.2) is 0 Å². The summed E-state index contributed by atoms with van der Waals surface area (Å²) in [5, 5.41) is 1.43. The smallest absolute Gasteiger partial charge is 0.793 e. The van der Waals surface area contributed by atoms with E-state index in [9.17, 15) is 18.9 Å². The average Bonchev–Trinajstić information content (AvgIpc) is 2.82. The van der Waals surface area contributed by atoms with E-state index in [1.165, 1.54) is 0 Å². The summed E-state index contributed by atoms with van der Waals surface area (Å²) in [4.78, 5) is 24.1. The van der Waals surface area contributed by atoms with Gasteiger partial charge in [0.1, 0.15) is 0 Å². The zero-order valence-electron chi connectivity index (χ0n) is 16.8. The van der Waals surface area contributed by atoms with Gasteiger partial charge in [-0.2, -0.15) is 0 Å². The Hall–Kier alpha value is -2.12. The van der Waals surface area contributed by atoms with E-state index in [0.29, 0.717) is 21.2 Å². The summed E-state index contributed by atoms with van der Waals surface area (Å²) < 4.78 is 24.1. The number of hydrogen-bond acceptors (Lipinski definition) is 4. The first-order valence-electron chi connectivity index (χ1n) is 9.27. The fourth-order valence-electron chi connectivity index (χ4n) is 2.80. The third kappa shape index (κ3) is 6.43. The van der Waals surface area contributed by atoms with Crippen molar-refractivity contribution in [3.63, 3.8) is 0 Å². The maximum atomic E-state index is 12.1. The summed E-state index contributed by atoms with van der Waals surface area (Å²) >= 11 is 0. The van der Waals surface area contributed by atoms with Gasteiger partial charge >= 0.3 is 19.5 Å². The zero-order chi connectivity index (χ0) is 21.5. The molecule has 0 saturated carbocycles. The third-order valence-electron chi connectivity index (χ3n) is 4.38. The minimum atomic E-state index is -3.65. The maximum absolute atomic E-state index is 12.1. The molecule has 0 aliphatic carbocycles. The van der Waals surface area contributed by atoms with Crippen molar-refractivity contribution in [2.45, 2.75) is 0 Å². The van der Waals surface area contributed by atoms with Gasteiger partial charge in [-0.3, -0.25) is 0 Å². The summed E-state index contributed by atoms with van der Waals surface area (Å²) in [7, 11) is -7.29. The second-order valence-corrected chi connectivity index (χ2v) is 10.7. The van der Waals surface area contributed by atoms with E-state index >= 15 is 0 Å². The molecule has 0 fully saturated rings. The zero-order valence-corrected chi connectivity index (χ0v) is 21.5. The van der Waals surface area contributed by atoms with Gasteiger partial charge in [0.25, 0.3) is 0 Å². The number of hydrogen-bond donors (Lipinski definition) is 0. The fourth-order valence-corrected chi connectivity index (χ4v) is 5.65. The quantitative estimate of drug-likeness (QED) is 0.319. The number of benzene rings is 4. The Labute approximate surface area is 195 Å². The van der Waals surface area contributed by atoms with E-state index < -0.39 is 14.7 Å². The molecular weight excluding hydrogens is 480 g/mol. The van der Waals surface area contributed by atoms with Crippen molar-refractivity contribution in [3.8, 4) is 0 Å². The molecule has 4 aromatic rings. The molecule has 0 aromatic heterocycles. The van der Waals surface area contributed by atoms with Crippen LogP contribution in [-0.2, 0) is 28.6 Å². The molecule has 4 nitrogen and oxygen atoms in total. The molecule has 4 aromatic carbocycles. The van der Waals surface area contributed by atoms with E-state index in [0.717, 1.165) is 0 Å². The van der Waals surface area contributed by atoms with Crippen molar-refractivity contribution in [1.29, 1.82) is 0 Å². The fraction of sp³-hybridized carbons (Fsp3) is 0. The molecule has 4 rings (SSSR count). The first-order valence-corrected chi connectivity index (χ1v) is 12.5. The second kappa shape index (κ2) is 11.5. The van der Waals surface area contributed by atoms with Crippen LogP contribution in [0.15, 0.2) is 121 Å². The van der Waals surface area contributed by atoms with Crippen LogP contribution in [0.3, 0.4) is 0 Å². The second-order valence-electron chi connectivity index (χ2n) is 6.45. The van der Waals surface area contributed by atoms with Crippen LogP contribution in [0, 0.1) is 0 Å². The topological polar surface area (TPSA) is 80.3 Å². The van der Waals surface area contributed by atoms with Crippen LogP contribution in [0.5, 0.6) is 0 Å². The summed E-state index contributed by atoms with van der Waals surface area (Å²) in [5.74, 6) is 0. The van der Waals surface area contributed by atoms with Crippen LogP contribution < -0.4 is 31.0 Å². The molecule has 7 heteroatoms. The monoisotopic (exact) mass is 498 g/mol. The van der Waals surface area contributed by atoms with Gasteiger partial charge in [0.2, 0.25) is 0 Å². The van der Waals surface area contributed by atoms with Gasteiger partial charge in [-0.15, -0.1) is 0 Å². The van der Waals surface area contributed by atoms with Crippen molar-refractivity contribution < 1.29 is 38.4 Å². The Morgan fingerprint density at radius 1 is 0.387 bits per heavy atom. The van der Waals surface area contributed by atoms with E-state index in [4.69, 9.17) is 0 Å². The van der Waals surface area contributed by atoms with E-state index in [1.54, 1.807) is 121 Å². The Morgan fingerprint density at radius 3 is 0.710 bits per heavy atom. The summed E-state index contributed by atoms with van der Waals surface area (Å²) in [6.07, 6.45) is 0. The van der Waals surface area contributed by atoms with Crippen LogP contribution in [0.2, 0.25) is 0 Å². The van der Waals surface area contributed by atoms with Crippen molar-refractivity contribution in [1.82, 2.24) is 0 Å². The van der Waals surface area contributed by atoms with Crippen LogP contribution in [0.25, 0.3) is 0 Å². The van der Waals surface area contributed by atoms with Crippen LogP contribution in [0.4, 0.5) is 0 Å². The van der Waals surface area contributed by atoms with Gasteiger partial charge in [-0.1, -0.05) is 121 Å². The Kier molecular flexibility index (Phi) is 9.32. The van der Waals surface area contributed by atoms with Crippen LogP contribution >= 0.6 is 14.7 Å². The van der Waals surface area contributed by atoms with Gasteiger partial charge in [-0.05, 0) is 0 Å². The SMILES string of the molecule is O=P([O-])(c1ccccc1)c1ccccc1.O=P([O-])(c1ccccc1)c1ccccc1.[Zn+2]. The van der Waals surface area contributed by atoms with Crippen LogP contribution in [0.1, 0.15) is 0 Å². The predicted molar refractivity (Wildman–Crippen MR) is 120 cm³/mol. The van der Waals surface area contributed by atoms with E-state index in [1.807, 2.05) is 0 Å². The van der Waals surface area contributed by atoms with Gasteiger partial charge in [0.05, 0.1) is 14.7 Å². The van der Waals surface area contributed by atoms with Gasteiger partial charge in [0, 0.05) is 21.2 Å². The maximum Gasteiger partial charge on any atom is 2.00 e. The van der Waals surface area contributed by atoms with Crippen molar-refractivity contribution in [2.75, 3.05) is 0 Å². The molecule has 0 bridgehead atoms. The molecule has 0 radical (unpaired) electrons. The molecule has 0 spiro atoms. The summed E-state index contributed by atoms with van der Waals surface area (Å²) in [5.41, 5.74) is 0. The normalized spacial score (nSPS) is 10.9. The number of rotatable bonds is 4. The van der Waals surface area contributed by atoms with Crippen molar-refractivity contribution in [2.24, 2.45) is 0 Å². The third-order valence-corrected chi connectivity index (χ3v) is 8.30. The Balaban J connectivity index is 0.000000213. The van der Waals surface area contributed by atoms with Crippen molar-refractivity contribution in [3.05, 3.63) is 121 Å². The van der Waals surface area contributed by atoms with E-state index in [-0.39, 0.29) is 19.5 Å².